The number of ketones is 2. The fourth-order valence-electron chi connectivity index (χ4n) is 2.42. The van der Waals surface area contributed by atoms with Gasteiger partial charge in [0, 0.05) is 14.2 Å². The molecule has 2 nitrogen and oxygen atoms in total. The molecule has 2 heteroatoms. The minimum absolute atomic E-state index is 0.239. The topological polar surface area (TPSA) is 34.1 Å². The van der Waals surface area contributed by atoms with Crippen LogP contribution in [0.1, 0.15) is 32.3 Å². The molecule has 0 bridgehead atoms. The summed E-state index contributed by atoms with van der Waals surface area (Å²) in [5, 5.41) is 1.92. The average Bonchev–Trinajstić information content (AvgIpc) is 2.55. The normalized spacial score (nSPS) is 26.9. The van der Waals surface area contributed by atoms with Crippen molar-refractivity contribution in [3.8, 4) is 0 Å². The molecule has 100 valence electrons. The van der Waals surface area contributed by atoms with Crippen LogP contribution in [0.15, 0.2) is 54.6 Å². The highest BCUT2D eigenvalue weighted by Gasteiger charge is 2.26. The van der Waals surface area contributed by atoms with E-state index in [0.29, 0.717) is 5.56 Å². The van der Waals surface area contributed by atoms with Crippen molar-refractivity contribution in [2.75, 3.05) is 0 Å². The first kappa shape index (κ1) is 10.6. The van der Waals surface area contributed by atoms with E-state index in [9.17, 15) is 9.59 Å². The van der Waals surface area contributed by atoms with E-state index in [2.05, 4.69) is 0 Å². The van der Waals surface area contributed by atoms with Crippen molar-refractivity contribution in [3.05, 3.63) is 60.2 Å². The fourth-order valence-corrected chi connectivity index (χ4v) is 2.42. The second-order valence-electron chi connectivity index (χ2n) is 4.91. The van der Waals surface area contributed by atoms with Gasteiger partial charge < -0.3 is 0 Å². The minimum Gasteiger partial charge on any atom is -0.290 e. The summed E-state index contributed by atoms with van der Waals surface area (Å²) < 4.78 is 15.6. The molecule has 1 aliphatic carbocycles. The molecule has 2 aromatic carbocycles. The van der Waals surface area contributed by atoms with Gasteiger partial charge >= 0.3 is 0 Å². The number of rotatable bonds is 3. The summed E-state index contributed by atoms with van der Waals surface area (Å²) in [7, 11) is 0. The molecule has 0 radical (unpaired) electrons. The van der Waals surface area contributed by atoms with Crippen molar-refractivity contribution < 1.29 is 12.3 Å². The zero-order chi connectivity index (χ0) is 15.7. The fraction of sp³-hybridized carbons (Fsp3) is 0.222. The maximum Gasteiger partial charge on any atom is 0.228 e. The zero-order valence-corrected chi connectivity index (χ0v) is 11.0. The number of hydrogen-bond acceptors (Lipinski definition) is 2. The Balaban J connectivity index is 1.88. The number of Topliss-reactive ketones (excluding diaryl/α,β-unsaturated/α-hetero) is 2. The number of hydrogen-bond donors (Lipinski definition) is 0. The van der Waals surface area contributed by atoms with E-state index >= 15 is 0 Å². The first-order valence-electron chi connectivity index (χ1n) is 7.82. The van der Waals surface area contributed by atoms with Gasteiger partial charge in [0.2, 0.25) is 11.6 Å². The summed E-state index contributed by atoms with van der Waals surface area (Å²) in [5.74, 6) is -1.83. The van der Waals surface area contributed by atoms with Crippen LogP contribution in [0.4, 0.5) is 0 Å². The van der Waals surface area contributed by atoms with E-state index in [1.165, 1.54) is 6.08 Å². The van der Waals surface area contributed by atoms with Crippen LogP contribution >= 0.6 is 0 Å². The maximum atomic E-state index is 12.4. The van der Waals surface area contributed by atoms with Crippen molar-refractivity contribution >= 4 is 22.3 Å². The second-order valence-corrected chi connectivity index (χ2v) is 4.91. The highest BCUT2D eigenvalue weighted by molar-refractivity contribution is 6.44. The Kier molecular flexibility index (Phi) is 2.86. The molecule has 0 spiro atoms. The maximum absolute atomic E-state index is 12.4. The Morgan fingerprint density at radius 2 is 1.85 bits per heavy atom. The summed E-state index contributed by atoms with van der Waals surface area (Å²) in [6.45, 7) is 0. The van der Waals surface area contributed by atoms with E-state index < -0.39 is 30.3 Å². The Labute approximate surface area is 120 Å². The molecule has 0 saturated heterocycles. The first-order chi connectivity index (χ1) is 10.6. The molecule has 3 unspecified atom stereocenters. The van der Waals surface area contributed by atoms with E-state index in [0.717, 1.165) is 10.8 Å². The van der Waals surface area contributed by atoms with Gasteiger partial charge in [-0.3, -0.25) is 9.59 Å². The van der Waals surface area contributed by atoms with Gasteiger partial charge in [0.25, 0.3) is 0 Å². The third-order valence-corrected chi connectivity index (χ3v) is 3.55. The summed E-state index contributed by atoms with van der Waals surface area (Å²) in [4.78, 5) is 24.8. The number of fused-ring (bicyclic) bond motifs is 1. The molecule has 0 fully saturated rings. The number of carbonyl (C=O) groups is 2. The van der Waals surface area contributed by atoms with Gasteiger partial charge in [-0.15, -0.1) is 0 Å². The molecule has 0 amide bonds. The monoisotopic (exact) mass is 266 g/mol. The van der Waals surface area contributed by atoms with Crippen LogP contribution in [-0.2, 0) is 4.79 Å². The molecular weight excluding hydrogens is 248 g/mol. The van der Waals surface area contributed by atoms with Gasteiger partial charge in [-0.1, -0.05) is 48.6 Å². The van der Waals surface area contributed by atoms with Crippen molar-refractivity contribution in [2.45, 2.75) is 19.2 Å². The van der Waals surface area contributed by atoms with Gasteiger partial charge in [-0.2, -0.15) is 0 Å². The molecule has 3 rings (SSSR count). The molecule has 20 heavy (non-hydrogen) atoms. The largest absolute Gasteiger partial charge is 0.290 e. The smallest absolute Gasteiger partial charge is 0.228 e. The van der Waals surface area contributed by atoms with Crippen LogP contribution in [0.2, 0.25) is 0 Å². The first-order valence-corrected chi connectivity index (χ1v) is 6.66. The Morgan fingerprint density at radius 1 is 1.05 bits per heavy atom. The zero-order valence-electron chi connectivity index (χ0n) is 13.0. The number of carbonyl (C=O) groups excluding carboxylic acids is 2. The summed E-state index contributed by atoms with van der Waals surface area (Å²) in [6, 6.07) is 12.8. The molecule has 0 heterocycles. The molecule has 0 saturated carbocycles. The SMILES string of the molecule is [2H]C1C=CC([2H])C(C(=O)C(=O)c2ccc3ccccc3c2)C1. The lowest BCUT2D eigenvalue weighted by Gasteiger charge is -2.15. The summed E-state index contributed by atoms with van der Waals surface area (Å²) in [6.07, 6.45) is 2.14. The molecule has 0 aromatic heterocycles. The average molecular weight is 266 g/mol. The molecule has 2 aromatic rings. The predicted molar refractivity (Wildman–Crippen MR) is 79.8 cm³/mol. The van der Waals surface area contributed by atoms with Crippen LogP contribution in [-0.4, -0.2) is 11.6 Å². The van der Waals surface area contributed by atoms with Crippen molar-refractivity contribution in [1.82, 2.24) is 0 Å². The van der Waals surface area contributed by atoms with Crippen molar-refractivity contribution in [2.24, 2.45) is 5.92 Å². The third-order valence-electron chi connectivity index (χ3n) is 3.55. The van der Waals surface area contributed by atoms with Crippen molar-refractivity contribution in [3.63, 3.8) is 0 Å². The molecular formula is C18H16O2. The molecule has 0 aliphatic heterocycles. The summed E-state index contributed by atoms with van der Waals surface area (Å²) >= 11 is 0. The van der Waals surface area contributed by atoms with Crippen LogP contribution in [0.5, 0.6) is 0 Å². The van der Waals surface area contributed by atoms with E-state index in [4.69, 9.17) is 2.74 Å². The second kappa shape index (κ2) is 5.41. The van der Waals surface area contributed by atoms with Gasteiger partial charge in [-0.25, -0.2) is 0 Å². The highest BCUT2D eigenvalue weighted by Crippen LogP contribution is 2.22. The quantitative estimate of drug-likeness (QED) is 0.479. The van der Waals surface area contributed by atoms with Gasteiger partial charge in [0.15, 0.2) is 0 Å². The van der Waals surface area contributed by atoms with Gasteiger partial charge in [0.05, 0.1) is 0 Å². The number of benzene rings is 2. The van der Waals surface area contributed by atoms with Gasteiger partial charge in [0.1, 0.15) is 0 Å². The van der Waals surface area contributed by atoms with Crippen molar-refractivity contribution in [1.29, 1.82) is 0 Å². The van der Waals surface area contributed by atoms with Gasteiger partial charge in [-0.05, 0) is 36.1 Å². The Hall–Kier alpha value is -2.22. The van der Waals surface area contributed by atoms with E-state index in [1.54, 1.807) is 18.2 Å². The van der Waals surface area contributed by atoms with Crippen LogP contribution in [0.25, 0.3) is 10.8 Å². The van der Waals surface area contributed by atoms with Crippen LogP contribution in [0, 0.1) is 5.92 Å². The van der Waals surface area contributed by atoms with Crippen LogP contribution < -0.4 is 0 Å². The summed E-state index contributed by atoms with van der Waals surface area (Å²) in [5.41, 5.74) is 0.354. The Morgan fingerprint density at radius 3 is 2.70 bits per heavy atom. The minimum atomic E-state index is -0.737. The van der Waals surface area contributed by atoms with E-state index in [1.807, 2.05) is 30.3 Å². The molecule has 0 N–H and O–H groups in total. The molecule has 1 aliphatic rings. The highest BCUT2D eigenvalue weighted by atomic mass is 16.2. The third kappa shape index (κ3) is 2.42. The number of allylic oxidation sites excluding steroid dienone is 2. The lowest BCUT2D eigenvalue weighted by atomic mass is 9.87. The van der Waals surface area contributed by atoms with Crippen LogP contribution in [0.3, 0.4) is 0 Å². The predicted octanol–water partition coefficient (Wildman–Crippen LogP) is 3.95. The Bertz CT molecular complexity index is 767. The van der Waals surface area contributed by atoms with E-state index in [-0.39, 0.29) is 6.42 Å². The lowest BCUT2D eigenvalue weighted by Crippen LogP contribution is -2.24. The standard InChI is InChI=1S/C18H16O2/c19-17(14-7-2-1-3-8-14)18(20)16-11-10-13-6-4-5-9-15(13)12-16/h1-2,4-6,9-12,14H,3,7-8H2/i3D,7D. The molecule has 3 atom stereocenters. The lowest BCUT2D eigenvalue weighted by molar-refractivity contribution is -0.118.